The van der Waals surface area contributed by atoms with Crippen LogP contribution in [0.4, 0.5) is 0 Å². The normalized spacial score (nSPS) is 12.0. The maximum absolute atomic E-state index is 5.62. The molecule has 0 heterocycles. The average molecular weight is 242 g/mol. The number of rotatable bonds is 9. The van der Waals surface area contributed by atoms with Crippen molar-refractivity contribution in [3.63, 3.8) is 0 Å². The quantitative estimate of drug-likeness (QED) is 0.581. The third kappa shape index (κ3) is 5.44. The van der Waals surface area contributed by atoms with E-state index in [0.717, 1.165) is 6.42 Å². The van der Waals surface area contributed by atoms with Crippen LogP contribution in [-0.4, -0.2) is 26.4 Å². The molecule has 0 aliphatic heterocycles. The maximum atomic E-state index is 5.62. The number of hydrogen-bond acceptors (Lipinski definition) is 4. The molecule has 0 aliphatic carbocycles. The summed E-state index contributed by atoms with van der Waals surface area (Å²) in [5.41, 5.74) is 0. The third-order valence-corrected chi connectivity index (χ3v) is 5.33. The van der Waals surface area contributed by atoms with Crippen molar-refractivity contribution in [2.45, 2.75) is 34.1 Å². The summed E-state index contributed by atoms with van der Waals surface area (Å²) in [6.45, 7) is 10.2. The Labute approximate surface area is 92.1 Å². The Bertz CT molecular complexity index is 115. The molecule has 5 heteroatoms. The topological polar surface area (TPSA) is 36.9 Å². The van der Waals surface area contributed by atoms with Crippen LogP contribution in [0, 0.1) is 0 Å². The fraction of sp³-hybridized carbons (Fsp3) is 1.00. The fourth-order valence-electron chi connectivity index (χ4n) is 1.01. The van der Waals surface area contributed by atoms with Crippen LogP contribution in [0.15, 0.2) is 0 Å². The molecule has 0 saturated carbocycles. The second-order valence-electron chi connectivity index (χ2n) is 2.65. The molecule has 0 fully saturated rings. The van der Waals surface area contributed by atoms with E-state index in [1.165, 1.54) is 0 Å². The Hall–Kier alpha value is 0.554. The number of hydrogen-bond donors (Lipinski definition) is 0. The van der Waals surface area contributed by atoms with Gasteiger partial charge in [-0.1, -0.05) is 0 Å². The standard InChI is InChI=1S/C3H7O.3C2H5O.Ti/c1-2-3-4;3*1-2-3;/h2-3H2,1H3;3*2H2,1H3;/q4*-1;+4. The van der Waals surface area contributed by atoms with Crippen LogP contribution >= 0.6 is 0 Å². The zero-order valence-electron chi connectivity index (χ0n) is 9.67. The molecule has 0 saturated heterocycles. The summed E-state index contributed by atoms with van der Waals surface area (Å²) in [7, 11) is 0. The molecule has 0 rings (SSSR count). The Kier molecular flexibility index (Phi) is 9.18. The van der Waals surface area contributed by atoms with Gasteiger partial charge in [0.1, 0.15) is 0 Å². The van der Waals surface area contributed by atoms with Crippen molar-refractivity contribution in [2.24, 2.45) is 0 Å². The van der Waals surface area contributed by atoms with E-state index in [-0.39, 0.29) is 0 Å². The Morgan fingerprint density at radius 2 is 1.14 bits per heavy atom. The summed E-state index contributed by atoms with van der Waals surface area (Å²) in [5.74, 6) is 0. The van der Waals surface area contributed by atoms with E-state index in [9.17, 15) is 0 Å². The van der Waals surface area contributed by atoms with Gasteiger partial charge in [-0.25, -0.2) is 0 Å². The minimum absolute atomic E-state index is 0.573. The van der Waals surface area contributed by atoms with E-state index < -0.39 is 18.1 Å². The Morgan fingerprint density at radius 3 is 1.43 bits per heavy atom. The second kappa shape index (κ2) is 8.83. The summed E-state index contributed by atoms with van der Waals surface area (Å²) in [6.07, 6.45) is 0.945. The van der Waals surface area contributed by atoms with Crippen LogP contribution in [0.25, 0.3) is 0 Å². The van der Waals surface area contributed by atoms with Gasteiger partial charge in [0.15, 0.2) is 0 Å². The van der Waals surface area contributed by atoms with Gasteiger partial charge >= 0.3 is 92.0 Å². The molecule has 0 N–H and O–H groups in total. The predicted molar refractivity (Wildman–Crippen MR) is 51.1 cm³/mol. The SMILES string of the molecule is CCC[O][Ti]([O]CC)([O]CC)[O]CC. The summed E-state index contributed by atoms with van der Waals surface area (Å²) < 4.78 is 22.2. The van der Waals surface area contributed by atoms with E-state index in [2.05, 4.69) is 6.92 Å². The van der Waals surface area contributed by atoms with Crippen LogP contribution in [0.2, 0.25) is 0 Å². The molecule has 0 aromatic heterocycles. The minimum atomic E-state index is -3.35. The molecule has 0 bridgehead atoms. The van der Waals surface area contributed by atoms with Gasteiger partial charge in [-0.2, -0.15) is 0 Å². The molecule has 0 unspecified atom stereocenters. The zero-order chi connectivity index (χ0) is 10.9. The zero-order valence-corrected chi connectivity index (χ0v) is 11.2. The van der Waals surface area contributed by atoms with Crippen LogP contribution < -0.4 is 0 Å². The van der Waals surface area contributed by atoms with Gasteiger partial charge in [-0.05, 0) is 0 Å². The molecule has 14 heavy (non-hydrogen) atoms. The van der Waals surface area contributed by atoms with Crippen LogP contribution in [0.3, 0.4) is 0 Å². The molecular formula is C9H22O4Ti. The Balaban J connectivity index is 4.21. The first-order valence-electron chi connectivity index (χ1n) is 5.30. The van der Waals surface area contributed by atoms with E-state index >= 15 is 0 Å². The van der Waals surface area contributed by atoms with Crippen molar-refractivity contribution < 1.29 is 31.4 Å². The summed E-state index contributed by atoms with van der Waals surface area (Å²) in [6, 6.07) is 0. The van der Waals surface area contributed by atoms with E-state index in [0.29, 0.717) is 26.4 Å². The van der Waals surface area contributed by atoms with Gasteiger partial charge < -0.3 is 0 Å². The van der Waals surface area contributed by atoms with Gasteiger partial charge in [-0.15, -0.1) is 0 Å². The molecule has 0 atom stereocenters. The summed E-state index contributed by atoms with van der Waals surface area (Å²) in [4.78, 5) is 0. The molecule has 0 radical (unpaired) electrons. The summed E-state index contributed by atoms with van der Waals surface area (Å²) in [5, 5.41) is 0. The molecule has 0 spiro atoms. The molecule has 0 aromatic rings. The second-order valence-corrected chi connectivity index (χ2v) is 6.01. The van der Waals surface area contributed by atoms with Gasteiger partial charge in [0.2, 0.25) is 0 Å². The molecular weight excluding hydrogens is 220 g/mol. The van der Waals surface area contributed by atoms with Crippen molar-refractivity contribution in [1.82, 2.24) is 0 Å². The van der Waals surface area contributed by atoms with Crippen molar-refractivity contribution in [2.75, 3.05) is 26.4 Å². The van der Waals surface area contributed by atoms with Crippen molar-refractivity contribution in [1.29, 1.82) is 0 Å². The average Bonchev–Trinajstić information content (AvgIpc) is 2.16. The predicted octanol–water partition coefficient (Wildman–Crippen LogP) is 2.34. The van der Waals surface area contributed by atoms with E-state index in [4.69, 9.17) is 13.3 Å². The summed E-state index contributed by atoms with van der Waals surface area (Å²) >= 11 is -3.35. The first-order valence-corrected chi connectivity index (χ1v) is 7.85. The molecule has 0 aromatic carbocycles. The van der Waals surface area contributed by atoms with E-state index in [1.807, 2.05) is 20.8 Å². The molecule has 0 aliphatic rings. The van der Waals surface area contributed by atoms with Crippen molar-refractivity contribution in [3.05, 3.63) is 0 Å². The third-order valence-electron chi connectivity index (χ3n) is 1.45. The van der Waals surface area contributed by atoms with E-state index in [1.54, 1.807) is 0 Å². The molecule has 86 valence electrons. The van der Waals surface area contributed by atoms with Gasteiger partial charge in [-0.3, -0.25) is 0 Å². The first-order chi connectivity index (χ1) is 6.74. The molecule has 0 amide bonds. The van der Waals surface area contributed by atoms with Crippen LogP contribution in [0.1, 0.15) is 34.1 Å². The van der Waals surface area contributed by atoms with Gasteiger partial charge in [0.05, 0.1) is 0 Å². The monoisotopic (exact) mass is 242 g/mol. The first kappa shape index (κ1) is 14.6. The van der Waals surface area contributed by atoms with Crippen LogP contribution in [0.5, 0.6) is 0 Å². The Morgan fingerprint density at radius 1 is 0.714 bits per heavy atom. The molecule has 4 nitrogen and oxygen atoms in total. The van der Waals surface area contributed by atoms with Gasteiger partial charge in [0, 0.05) is 0 Å². The fourth-order valence-corrected chi connectivity index (χ4v) is 4.15. The van der Waals surface area contributed by atoms with Crippen LogP contribution in [-0.2, 0) is 31.4 Å². The van der Waals surface area contributed by atoms with Crippen molar-refractivity contribution >= 4 is 0 Å². The van der Waals surface area contributed by atoms with Crippen molar-refractivity contribution in [3.8, 4) is 0 Å². The van der Waals surface area contributed by atoms with Gasteiger partial charge in [0.25, 0.3) is 0 Å².